The minimum Gasteiger partial charge on any atom is -0.507 e. The second-order valence-electron chi connectivity index (χ2n) is 14.5. The van der Waals surface area contributed by atoms with Gasteiger partial charge in [0.25, 0.3) is 11.8 Å². The number of carbonyl (C=O) groups excluding carboxylic acids is 2. The fourth-order valence-corrected chi connectivity index (χ4v) is 7.79. The van der Waals surface area contributed by atoms with Crippen molar-refractivity contribution >= 4 is 39.9 Å². The molecule has 0 saturated carbocycles. The first-order valence-electron chi connectivity index (χ1n) is 16.9. The number of rotatable bonds is 7. The summed E-state index contributed by atoms with van der Waals surface area (Å²) in [5, 5.41) is 13.0. The van der Waals surface area contributed by atoms with E-state index in [1.54, 1.807) is 24.3 Å². The zero-order valence-corrected chi connectivity index (χ0v) is 28.9. The molecule has 49 heavy (non-hydrogen) atoms. The van der Waals surface area contributed by atoms with Crippen molar-refractivity contribution in [3.8, 4) is 23.1 Å². The molecule has 4 aromatic rings. The highest BCUT2D eigenvalue weighted by Crippen LogP contribution is 2.43. The van der Waals surface area contributed by atoms with E-state index in [4.69, 9.17) is 9.72 Å². The molecule has 3 aliphatic heterocycles. The quantitative estimate of drug-likeness (QED) is 0.185. The van der Waals surface area contributed by atoms with Crippen LogP contribution in [0.3, 0.4) is 0 Å². The number of phenolic OH excluding ortho intramolecular Hbond substituents is 1. The van der Waals surface area contributed by atoms with E-state index in [9.17, 15) is 14.7 Å². The number of aromatic hydroxyl groups is 1. The lowest BCUT2D eigenvalue weighted by Crippen LogP contribution is -2.59. The van der Waals surface area contributed by atoms with Crippen LogP contribution >= 0.6 is 0 Å². The fraction of sp³-hybridized carbons (Fsp3) is 0.395. The van der Waals surface area contributed by atoms with Gasteiger partial charge in [-0.3, -0.25) is 9.59 Å². The number of piperazine rings is 1. The van der Waals surface area contributed by atoms with Crippen molar-refractivity contribution in [3.05, 3.63) is 72.3 Å². The zero-order chi connectivity index (χ0) is 34.7. The van der Waals surface area contributed by atoms with Crippen molar-refractivity contribution in [1.29, 1.82) is 0 Å². The van der Waals surface area contributed by atoms with E-state index in [0.717, 1.165) is 61.4 Å². The average molecular weight is 662 g/mol. The number of aromatic nitrogens is 3. The van der Waals surface area contributed by atoms with Gasteiger partial charge in [0.15, 0.2) is 5.82 Å². The van der Waals surface area contributed by atoms with Gasteiger partial charge in [-0.05, 0) is 84.3 Å². The van der Waals surface area contributed by atoms with Crippen molar-refractivity contribution in [2.24, 2.45) is 0 Å². The van der Waals surface area contributed by atoms with Gasteiger partial charge in [-0.2, -0.15) is 15.0 Å². The lowest BCUT2D eigenvalue weighted by Gasteiger charge is -2.52. The molecule has 0 spiro atoms. The Kier molecular flexibility index (Phi) is 8.05. The number of likely N-dealkylation sites (N-methyl/N-ethyl adjacent to an activating group) is 1. The van der Waals surface area contributed by atoms with Crippen LogP contribution in [0.5, 0.6) is 11.8 Å². The zero-order valence-electron chi connectivity index (χ0n) is 28.9. The van der Waals surface area contributed by atoms with Crippen LogP contribution < -0.4 is 19.4 Å². The van der Waals surface area contributed by atoms with Crippen LogP contribution in [0.2, 0.25) is 0 Å². The summed E-state index contributed by atoms with van der Waals surface area (Å²) in [6, 6.07) is 14.2. The smallest absolute Gasteiger partial charge is 0.322 e. The number of hydrogen-bond donors (Lipinski definition) is 1. The summed E-state index contributed by atoms with van der Waals surface area (Å²) in [4.78, 5) is 50.1. The molecule has 0 atom stereocenters. The second kappa shape index (κ2) is 12.1. The number of amides is 2. The molecule has 2 amide bonds. The maximum Gasteiger partial charge on any atom is 0.322 e. The molecular weight excluding hydrogens is 618 g/mol. The van der Waals surface area contributed by atoms with Crippen molar-refractivity contribution in [3.63, 3.8) is 0 Å². The summed E-state index contributed by atoms with van der Waals surface area (Å²) < 4.78 is 5.79. The highest BCUT2D eigenvalue weighted by atomic mass is 16.5. The van der Waals surface area contributed by atoms with Crippen molar-refractivity contribution in [2.45, 2.75) is 58.0 Å². The van der Waals surface area contributed by atoms with E-state index in [1.165, 1.54) is 6.07 Å². The average Bonchev–Trinajstić information content (AvgIpc) is 3.05. The highest BCUT2D eigenvalue weighted by molar-refractivity contribution is 6.36. The monoisotopic (exact) mass is 661 g/mol. The number of phenols is 1. The minimum absolute atomic E-state index is 0.114. The predicted octanol–water partition coefficient (Wildman–Crippen LogP) is 6.06. The van der Waals surface area contributed by atoms with Gasteiger partial charge in [-0.1, -0.05) is 24.8 Å². The lowest BCUT2D eigenvalue weighted by atomic mass is 9.80. The summed E-state index contributed by atoms with van der Waals surface area (Å²) in [5.41, 5.74) is 2.02. The molecule has 7 rings (SSSR count). The summed E-state index contributed by atoms with van der Waals surface area (Å²) in [5.74, 6) is -0.403. The van der Waals surface area contributed by atoms with Gasteiger partial charge in [-0.25, -0.2) is 4.90 Å². The molecule has 0 radical (unpaired) electrons. The van der Waals surface area contributed by atoms with Crippen LogP contribution in [0.25, 0.3) is 22.2 Å². The molecule has 4 heterocycles. The van der Waals surface area contributed by atoms with Crippen LogP contribution in [0, 0.1) is 0 Å². The van der Waals surface area contributed by atoms with E-state index in [1.807, 2.05) is 24.3 Å². The van der Waals surface area contributed by atoms with Gasteiger partial charge in [0, 0.05) is 70.9 Å². The number of benzene rings is 3. The van der Waals surface area contributed by atoms with Gasteiger partial charge in [0.05, 0.1) is 11.3 Å². The maximum atomic E-state index is 14.0. The number of anilines is 3. The third kappa shape index (κ3) is 5.65. The summed E-state index contributed by atoms with van der Waals surface area (Å²) in [7, 11) is 2.11. The summed E-state index contributed by atoms with van der Waals surface area (Å²) in [6.45, 7) is 16.3. The van der Waals surface area contributed by atoms with Gasteiger partial charge >= 0.3 is 6.01 Å². The first-order valence-corrected chi connectivity index (χ1v) is 16.9. The molecule has 2 saturated heterocycles. The highest BCUT2D eigenvalue weighted by Gasteiger charge is 2.43. The largest absolute Gasteiger partial charge is 0.507 e. The van der Waals surface area contributed by atoms with Gasteiger partial charge in [0.1, 0.15) is 12.4 Å². The molecule has 1 N–H and O–H groups in total. The first kappa shape index (κ1) is 32.5. The summed E-state index contributed by atoms with van der Waals surface area (Å²) >= 11 is 0. The van der Waals surface area contributed by atoms with E-state index >= 15 is 0 Å². The van der Waals surface area contributed by atoms with E-state index in [0.29, 0.717) is 28.0 Å². The number of piperidine rings is 1. The Labute approximate surface area is 286 Å². The third-order valence-corrected chi connectivity index (χ3v) is 10.1. The molecule has 2 fully saturated rings. The van der Waals surface area contributed by atoms with E-state index in [-0.39, 0.29) is 41.0 Å². The molecule has 3 aromatic carbocycles. The van der Waals surface area contributed by atoms with Crippen LogP contribution in [0.4, 0.5) is 17.3 Å². The molecule has 0 bridgehead atoms. The van der Waals surface area contributed by atoms with Crippen molar-refractivity contribution < 1.29 is 19.4 Å². The molecule has 11 nitrogen and oxygen atoms in total. The molecule has 1 aromatic heterocycles. The Balaban J connectivity index is 1.26. The second-order valence-corrected chi connectivity index (χ2v) is 14.5. The maximum absolute atomic E-state index is 14.0. The number of ether oxygens (including phenoxy) is 1. The lowest BCUT2D eigenvalue weighted by molar-refractivity contribution is 0.0893. The van der Waals surface area contributed by atoms with Crippen molar-refractivity contribution in [2.75, 3.05) is 54.5 Å². The number of carbonyl (C=O) groups is 2. The molecule has 3 aliphatic rings. The minimum atomic E-state index is -0.442. The van der Waals surface area contributed by atoms with Crippen LogP contribution in [-0.4, -0.2) is 87.7 Å². The van der Waals surface area contributed by atoms with E-state index in [2.05, 4.69) is 66.0 Å². The van der Waals surface area contributed by atoms with Gasteiger partial charge in [-0.15, -0.1) is 0 Å². The Morgan fingerprint density at radius 1 is 0.878 bits per heavy atom. The molecular formula is C38H43N7O4. The third-order valence-electron chi connectivity index (χ3n) is 10.1. The van der Waals surface area contributed by atoms with Crippen LogP contribution in [-0.2, 0) is 0 Å². The van der Waals surface area contributed by atoms with E-state index < -0.39 is 11.8 Å². The Morgan fingerprint density at radius 3 is 2.22 bits per heavy atom. The molecule has 0 unspecified atom stereocenters. The Morgan fingerprint density at radius 2 is 1.55 bits per heavy atom. The predicted molar refractivity (Wildman–Crippen MR) is 192 cm³/mol. The SMILES string of the molecule is C=CCOc1nc(-c2ccc(N3C(=O)c4cccc5c(N6CCN(C)CC6)ccc(c45)C3=O)cc2O)nc(N2C(C)(C)CCCC2(C)C)n1. The fourth-order valence-electron chi connectivity index (χ4n) is 7.79. The van der Waals surface area contributed by atoms with Gasteiger partial charge in [0.2, 0.25) is 5.95 Å². The van der Waals surface area contributed by atoms with Gasteiger partial charge < -0.3 is 24.5 Å². The Hall–Kier alpha value is -5.03. The normalized spacial score (nSPS) is 19.0. The summed E-state index contributed by atoms with van der Waals surface area (Å²) in [6.07, 6.45) is 4.63. The standard InChI is InChI=1S/C38H43N7O4/c1-7-22-49-36-40-32(39-35(41-36)45-37(2,3)16-9-17-38(45,4)5)26-13-12-24(23-30(26)46)44-33(47)27-11-8-10-25-29(43-20-18-42(6)19-21-43)15-14-28(31(25)27)34(44)48/h7-8,10-15,23,46H,1,9,16-22H2,2-6H3. The number of imide groups is 1. The van der Waals surface area contributed by atoms with Crippen molar-refractivity contribution in [1.82, 2.24) is 19.9 Å². The molecule has 254 valence electrons. The number of hydrogen-bond acceptors (Lipinski definition) is 10. The van der Waals surface area contributed by atoms with Crippen LogP contribution in [0.1, 0.15) is 67.7 Å². The first-order chi connectivity index (χ1) is 23.4. The number of nitrogens with zero attached hydrogens (tertiary/aromatic N) is 7. The van der Waals surface area contributed by atoms with Crippen LogP contribution in [0.15, 0.2) is 61.2 Å². The molecule has 11 heteroatoms. The Bertz CT molecular complexity index is 1940. The molecule has 0 aliphatic carbocycles. The topological polar surface area (TPSA) is 115 Å².